The molecule has 0 aliphatic carbocycles. The van der Waals surface area contributed by atoms with Gasteiger partial charge in [-0.3, -0.25) is 0 Å². The largest absolute Gasteiger partial charge is 0.502 e. The van der Waals surface area contributed by atoms with Gasteiger partial charge in [-0.1, -0.05) is 54.6 Å². The molecule has 0 unspecified atom stereocenters. The van der Waals surface area contributed by atoms with E-state index in [-0.39, 0.29) is 29.0 Å². The SMILES string of the molecule is O=S(=O)(c1c(S(=O)(=O)C(F)(F)F)c(S(=O)(=O)C(F)(F)F)c2c(S(=O)(=O)C(F)(F)F)cccc2c1Cc1cccc2ccccc12)C(F)(F)F. The van der Waals surface area contributed by atoms with Gasteiger partial charge < -0.3 is 0 Å². The van der Waals surface area contributed by atoms with Gasteiger partial charge in [-0.05, 0) is 33.4 Å². The van der Waals surface area contributed by atoms with Gasteiger partial charge in [0.1, 0.15) is 14.7 Å². The van der Waals surface area contributed by atoms with E-state index in [2.05, 4.69) is 0 Å². The molecule has 0 radical (unpaired) electrons. The van der Waals surface area contributed by atoms with Crippen molar-refractivity contribution >= 4 is 60.9 Å². The Morgan fingerprint density at radius 3 is 1.35 bits per heavy atom. The van der Waals surface area contributed by atoms with Crippen molar-refractivity contribution in [3.8, 4) is 0 Å². The van der Waals surface area contributed by atoms with Crippen LogP contribution in [0.4, 0.5) is 52.7 Å². The Kier molecular flexibility index (Phi) is 8.92. The summed E-state index contributed by atoms with van der Waals surface area (Å²) in [7, 11) is -31.0. The Balaban J connectivity index is 2.59. The summed E-state index contributed by atoms with van der Waals surface area (Å²) in [5.74, 6) is 0. The van der Waals surface area contributed by atoms with Gasteiger partial charge in [-0.15, -0.1) is 0 Å². The van der Waals surface area contributed by atoms with Crippen LogP contribution in [0.3, 0.4) is 0 Å². The van der Waals surface area contributed by atoms with Crippen molar-refractivity contribution < 1.29 is 86.4 Å². The highest BCUT2D eigenvalue weighted by Gasteiger charge is 2.61. The number of benzene rings is 4. The summed E-state index contributed by atoms with van der Waals surface area (Å²) in [6.07, 6.45) is -1.56. The van der Waals surface area contributed by atoms with Crippen molar-refractivity contribution in [2.75, 3.05) is 0 Å². The third-order valence-electron chi connectivity index (χ3n) is 6.83. The second-order valence-electron chi connectivity index (χ2n) is 9.76. The highest BCUT2D eigenvalue weighted by Crippen LogP contribution is 2.52. The van der Waals surface area contributed by atoms with Crippen LogP contribution in [0.1, 0.15) is 11.1 Å². The maximum atomic E-state index is 14.2. The van der Waals surface area contributed by atoms with Crippen molar-refractivity contribution in [2.45, 2.75) is 48.0 Å². The molecule has 0 saturated carbocycles. The number of hydrogen-bond acceptors (Lipinski definition) is 8. The van der Waals surface area contributed by atoms with Crippen LogP contribution >= 0.6 is 0 Å². The fraction of sp³-hybridized carbons (Fsp3) is 0.200. The summed E-state index contributed by atoms with van der Waals surface area (Å²) < 4.78 is 271. The first-order chi connectivity index (χ1) is 21.9. The second kappa shape index (κ2) is 11.4. The number of fused-ring (bicyclic) bond motifs is 2. The minimum Gasteiger partial charge on any atom is -0.214 e. The first-order valence-corrected chi connectivity index (χ1v) is 18.2. The number of sulfone groups is 4. The van der Waals surface area contributed by atoms with E-state index >= 15 is 0 Å². The molecule has 0 amide bonds. The molecule has 0 aliphatic rings. The van der Waals surface area contributed by atoms with Crippen LogP contribution in [0.25, 0.3) is 21.5 Å². The lowest BCUT2D eigenvalue weighted by Gasteiger charge is -2.25. The Labute approximate surface area is 266 Å². The van der Waals surface area contributed by atoms with Crippen LogP contribution in [0.2, 0.25) is 0 Å². The zero-order valence-electron chi connectivity index (χ0n) is 22.9. The molecule has 0 aliphatic heterocycles. The Hall–Kier alpha value is -3.64. The lowest BCUT2D eigenvalue weighted by molar-refractivity contribution is -0.0465. The number of alkyl halides is 12. The maximum absolute atomic E-state index is 14.2. The van der Waals surface area contributed by atoms with E-state index in [1.807, 2.05) is 0 Å². The van der Waals surface area contributed by atoms with Crippen molar-refractivity contribution in [3.05, 3.63) is 71.8 Å². The molecule has 268 valence electrons. The van der Waals surface area contributed by atoms with E-state index in [1.165, 1.54) is 30.3 Å². The predicted octanol–water partition coefficient (Wildman–Crippen LogP) is 6.76. The molecule has 49 heavy (non-hydrogen) atoms. The van der Waals surface area contributed by atoms with Crippen LogP contribution in [0.5, 0.6) is 0 Å². The van der Waals surface area contributed by atoms with Crippen LogP contribution in [0.15, 0.2) is 80.2 Å². The van der Waals surface area contributed by atoms with Crippen molar-refractivity contribution in [1.29, 1.82) is 0 Å². The Morgan fingerprint density at radius 2 is 0.837 bits per heavy atom. The van der Waals surface area contributed by atoms with Gasteiger partial charge in [0.05, 0.1) is 4.90 Å². The molecule has 8 nitrogen and oxygen atoms in total. The monoisotopic (exact) mass is 796 g/mol. The summed E-state index contributed by atoms with van der Waals surface area (Å²) in [4.78, 5) is -13.4. The molecule has 0 atom stereocenters. The first-order valence-electron chi connectivity index (χ1n) is 12.3. The van der Waals surface area contributed by atoms with Gasteiger partial charge in [0, 0.05) is 11.8 Å². The highest BCUT2D eigenvalue weighted by molar-refractivity contribution is 7.97. The van der Waals surface area contributed by atoms with E-state index in [9.17, 15) is 86.4 Å². The third kappa shape index (κ3) is 5.98. The average Bonchev–Trinajstić information content (AvgIpc) is 2.94. The smallest absolute Gasteiger partial charge is 0.214 e. The topological polar surface area (TPSA) is 137 Å². The summed E-state index contributed by atoms with van der Waals surface area (Å²) in [6, 6.07) is 8.43. The van der Waals surface area contributed by atoms with Crippen LogP contribution in [-0.4, -0.2) is 55.7 Å². The molecule has 24 heteroatoms. The minimum atomic E-state index is -8.11. The fourth-order valence-corrected chi connectivity index (χ4v) is 10.3. The van der Waals surface area contributed by atoms with Gasteiger partial charge in [-0.25, -0.2) is 33.7 Å². The quantitative estimate of drug-likeness (QED) is 0.196. The molecule has 0 saturated heterocycles. The molecule has 4 rings (SSSR count). The molecular weight excluding hydrogens is 785 g/mol. The zero-order chi connectivity index (χ0) is 37.6. The molecule has 4 aromatic rings. The first kappa shape index (κ1) is 38.2. The highest BCUT2D eigenvalue weighted by atomic mass is 32.2. The van der Waals surface area contributed by atoms with E-state index in [0.29, 0.717) is 0 Å². The van der Waals surface area contributed by atoms with Gasteiger partial charge in [0.2, 0.25) is 0 Å². The van der Waals surface area contributed by atoms with Gasteiger partial charge in [-0.2, -0.15) is 52.7 Å². The fourth-order valence-electron chi connectivity index (χ4n) is 4.79. The summed E-state index contributed by atoms with van der Waals surface area (Å²) in [6.45, 7) is 0. The second-order valence-corrected chi connectivity index (χ2v) is 17.3. The van der Waals surface area contributed by atoms with E-state index in [0.717, 1.165) is 12.1 Å². The number of hydrogen-bond donors (Lipinski definition) is 0. The van der Waals surface area contributed by atoms with Crippen LogP contribution in [0, 0.1) is 0 Å². The van der Waals surface area contributed by atoms with Crippen molar-refractivity contribution in [2.24, 2.45) is 0 Å². The standard InChI is InChI=1S/C25H12F12O8S4/c26-22(27,28)46(38,39)17-10-4-9-15-16(11-13-7-3-6-12-5-1-2-8-14(12)13)19(47(40,41)23(29,30)31)21(49(44,45)25(35,36)37)20(18(15)17)48(42,43)24(32,33)34/h1-10H,11H2. The van der Waals surface area contributed by atoms with Gasteiger partial charge >= 0.3 is 22.0 Å². The maximum Gasteiger partial charge on any atom is 0.502 e. The molecule has 0 spiro atoms. The average molecular weight is 797 g/mol. The number of rotatable bonds is 6. The normalized spacial score (nSPS) is 14.4. The molecule has 4 aromatic carbocycles. The van der Waals surface area contributed by atoms with E-state index in [1.54, 1.807) is 0 Å². The van der Waals surface area contributed by atoms with Crippen molar-refractivity contribution in [1.82, 2.24) is 0 Å². The molecule has 0 aromatic heterocycles. The molecule has 0 fully saturated rings. The lowest BCUT2D eigenvalue weighted by Crippen LogP contribution is -2.34. The molecule has 0 bridgehead atoms. The van der Waals surface area contributed by atoms with Crippen LogP contribution in [-0.2, 0) is 45.8 Å². The van der Waals surface area contributed by atoms with Crippen LogP contribution < -0.4 is 0 Å². The van der Waals surface area contributed by atoms with Crippen molar-refractivity contribution in [3.63, 3.8) is 0 Å². The van der Waals surface area contributed by atoms with E-state index < -0.39 is 109 Å². The zero-order valence-corrected chi connectivity index (χ0v) is 26.2. The third-order valence-corrected chi connectivity index (χ3v) is 13.3. The molecule has 0 heterocycles. The van der Waals surface area contributed by atoms with E-state index in [4.69, 9.17) is 0 Å². The number of halogens is 12. The predicted molar refractivity (Wildman–Crippen MR) is 144 cm³/mol. The van der Waals surface area contributed by atoms with Gasteiger partial charge in [0.25, 0.3) is 39.3 Å². The lowest BCUT2D eigenvalue weighted by atomic mass is 9.95. The summed E-state index contributed by atoms with van der Waals surface area (Å²) in [5.41, 5.74) is -30.2. The summed E-state index contributed by atoms with van der Waals surface area (Å²) >= 11 is 0. The van der Waals surface area contributed by atoms with Gasteiger partial charge in [0.15, 0.2) is 0 Å². The Morgan fingerprint density at radius 1 is 0.429 bits per heavy atom. The molecule has 0 N–H and O–H groups in total. The minimum absolute atomic E-state index is 0.0835. The Bertz CT molecular complexity index is 2460. The summed E-state index contributed by atoms with van der Waals surface area (Å²) in [5, 5.41) is -4.38. The molecular formula is C25H12F12O8S4.